The molecule has 0 aliphatic carbocycles. The van der Waals surface area contributed by atoms with E-state index < -0.39 is 11.9 Å². The number of ether oxygens (including phenoxy) is 3. The molecule has 16 heavy (non-hydrogen) atoms. The molecule has 1 aromatic carbocycles. The lowest BCUT2D eigenvalue weighted by Crippen LogP contribution is -2.47. The van der Waals surface area contributed by atoms with E-state index in [4.69, 9.17) is 14.2 Å². The summed E-state index contributed by atoms with van der Waals surface area (Å²) < 4.78 is 16.2. The number of carbonyl (C=O) groups is 1. The van der Waals surface area contributed by atoms with Crippen molar-refractivity contribution in [3.05, 3.63) is 29.8 Å². The highest BCUT2D eigenvalue weighted by Crippen LogP contribution is 2.45. The van der Waals surface area contributed by atoms with Crippen molar-refractivity contribution in [1.29, 1.82) is 0 Å². The summed E-state index contributed by atoms with van der Waals surface area (Å²) in [5.74, 6) is -0.928. The first-order chi connectivity index (χ1) is 7.65. The van der Waals surface area contributed by atoms with Crippen LogP contribution in [0.1, 0.15) is 18.6 Å². The van der Waals surface area contributed by atoms with Gasteiger partial charge in [0, 0.05) is 26.7 Å². The summed E-state index contributed by atoms with van der Waals surface area (Å²) in [7, 11) is 2.98. The van der Waals surface area contributed by atoms with Gasteiger partial charge in [-0.1, -0.05) is 18.2 Å². The predicted molar refractivity (Wildman–Crippen MR) is 57.2 cm³/mol. The van der Waals surface area contributed by atoms with Crippen LogP contribution in [0.3, 0.4) is 0 Å². The van der Waals surface area contributed by atoms with Crippen LogP contribution in [-0.2, 0) is 14.3 Å². The van der Waals surface area contributed by atoms with E-state index >= 15 is 0 Å². The molecule has 4 nitrogen and oxygen atoms in total. The quantitative estimate of drug-likeness (QED) is 0.780. The van der Waals surface area contributed by atoms with Crippen LogP contribution in [0.15, 0.2) is 24.3 Å². The molecule has 0 spiro atoms. The normalized spacial score (nSPS) is 27.3. The Labute approximate surface area is 94.1 Å². The average molecular weight is 222 g/mol. The second-order valence-corrected chi connectivity index (χ2v) is 3.68. The van der Waals surface area contributed by atoms with Crippen molar-refractivity contribution in [3.8, 4) is 5.75 Å². The Balaban J connectivity index is 2.51. The van der Waals surface area contributed by atoms with Crippen LogP contribution >= 0.6 is 0 Å². The third-order valence-corrected chi connectivity index (χ3v) is 2.84. The summed E-state index contributed by atoms with van der Waals surface area (Å²) in [6, 6.07) is 7.38. The van der Waals surface area contributed by atoms with E-state index in [9.17, 15) is 4.79 Å². The van der Waals surface area contributed by atoms with Gasteiger partial charge in [0.05, 0.1) is 0 Å². The first-order valence-corrected chi connectivity index (χ1v) is 5.02. The Morgan fingerprint density at radius 1 is 1.38 bits per heavy atom. The molecule has 0 bridgehead atoms. The van der Waals surface area contributed by atoms with Crippen LogP contribution in [0, 0.1) is 0 Å². The van der Waals surface area contributed by atoms with E-state index in [0.717, 1.165) is 5.56 Å². The molecule has 2 atom stereocenters. The van der Waals surface area contributed by atoms with Gasteiger partial charge in [-0.2, -0.15) is 0 Å². The molecule has 2 rings (SSSR count). The van der Waals surface area contributed by atoms with E-state index in [1.165, 1.54) is 21.1 Å². The largest absolute Gasteiger partial charge is 0.452 e. The van der Waals surface area contributed by atoms with Gasteiger partial charge in [0.2, 0.25) is 5.78 Å². The Hall–Kier alpha value is -1.39. The molecule has 1 aromatic rings. The van der Waals surface area contributed by atoms with Crippen molar-refractivity contribution < 1.29 is 19.0 Å². The number of hydrogen-bond donors (Lipinski definition) is 0. The van der Waals surface area contributed by atoms with Gasteiger partial charge in [-0.05, 0) is 6.07 Å². The maximum Gasteiger partial charge on any atom is 0.301 e. The van der Waals surface area contributed by atoms with Crippen molar-refractivity contribution in [2.75, 3.05) is 14.2 Å². The summed E-state index contributed by atoms with van der Waals surface area (Å²) >= 11 is 0. The number of rotatable bonds is 3. The monoisotopic (exact) mass is 222 g/mol. The van der Waals surface area contributed by atoms with E-state index in [0.29, 0.717) is 5.75 Å². The molecule has 86 valence electrons. The van der Waals surface area contributed by atoms with Crippen molar-refractivity contribution >= 4 is 5.78 Å². The Kier molecular flexibility index (Phi) is 2.69. The van der Waals surface area contributed by atoms with Crippen LogP contribution in [0.4, 0.5) is 0 Å². The lowest BCUT2D eigenvalue weighted by Gasteiger charge is -2.29. The molecule has 1 aliphatic rings. The van der Waals surface area contributed by atoms with E-state index in [1.54, 1.807) is 6.07 Å². The fourth-order valence-corrected chi connectivity index (χ4v) is 2.04. The number of methoxy groups -OCH3 is 2. The lowest BCUT2D eigenvalue weighted by molar-refractivity contribution is -0.212. The number of ketones is 1. The SMILES string of the molecule is CO[C@H]1c2ccccc2O[C@]1(OC)C(C)=O. The number of hydrogen-bond acceptors (Lipinski definition) is 4. The number of para-hydroxylation sites is 1. The van der Waals surface area contributed by atoms with Crippen molar-refractivity contribution in [3.63, 3.8) is 0 Å². The summed E-state index contributed by atoms with van der Waals surface area (Å²) in [6.45, 7) is 1.43. The Morgan fingerprint density at radius 3 is 2.62 bits per heavy atom. The number of fused-ring (bicyclic) bond motifs is 1. The van der Waals surface area contributed by atoms with Gasteiger partial charge in [0.1, 0.15) is 5.75 Å². The first kappa shape index (κ1) is 11.1. The molecule has 0 aromatic heterocycles. The van der Waals surface area contributed by atoms with Gasteiger partial charge in [0.15, 0.2) is 6.10 Å². The minimum atomic E-state index is -1.35. The zero-order chi connectivity index (χ0) is 11.8. The minimum Gasteiger partial charge on any atom is -0.452 e. The second-order valence-electron chi connectivity index (χ2n) is 3.68. The molecule has 0 radical (unpaired) electrons. The van der Waals surface area contributed by atoms with E-state index in [2.05, 4.69) is 0 Å². The molecule has 0 unspecified atom stereocenters. The van der Waals surface area contributed by atoms with Crippen LogP contribution in [-0.4, -0.2) is 25.8 Å². The smallest absolute Gasteiger partial charge is 0.301 e. The summed E-state index contributed by atoms with van der Waals surface area (Å²) in [4.78, 5) is 11.7. The zero-order valence-corrected chi connectivity index (χ0v) is 9.52. The van der Waals surface area contributed by atoms with Crippen molar-refractivity contribution in [1.82, 2.24) is 0 Å². The molecule has 0 saturated heterocycles. The zero-order valence-electron chi connectivity index (χ0n) is 9.52. The maximum absolute atomic E-state index is 11.7. The van der Waals surface area contributed by atoms with E-state index in [1.807, 2.05) is 18.2 Å². The molecule has 0 saturated carbocycles. The third-order valence-electron chi connectivity index (χ3n) is 2.84. The highest BCUT2D eigenvalue weighted by atomic mass is 16.7. The number of benzene rings is 1. The van der Waals surface area contributed by atoms with Crippen LogP contribution in [0.2, 0.25) is 0 Å². The van der Waals surface area contributed by atoms with Crippen LogP contribution < -0.4 is 4.74 Å². The molecule has 1 heterocycles. The summed E-state index contributed by atoms with van der Waals surface area (Å²) in [5.41, 5.74) is 0.835. The fourth-order valence-electron chi connectivity index (χ4n) is 2.04. The lowest BCUT2D eigenvalue weighted by atomic mass is 10.0. The number of Topliss-reactive ketones (excluding diaryl/α,β-unsaturated/α-hetero) is 1. The van der Waals surface area contributed by atoms with Crippen molar-refractivity contribution in [2.24, 2.45) is 0 Å². The van der Waals surface area contributed by atoms with Crippen LogP contribution in [0.5, 0.6) is 5.75 Å². The topological polar surface area (TPSA) is 44.8 Å². The number of carbonyl (C=O) groups excluding carboxylic acids is 1. The standard InChI is InChI=1S/C12H14O4/c1-8(13)12(15-3)11(14-2)9-6-4-5-7-10(9)16-12/h4-7,11H,1-3H3/t11-,12+/m0/s1. The second kappa shape index (κ2) is 3.88. The Bertz CT molecular complexity index is 415. The third kappa shape index (κ3) is 1.34. The van der Waals surface area contributed by atoms with Gasteiger partial charge >= 0.3 is 5.79 Å². The van der Waals surface area contributed by atoms with Gasteiger partial charge < -0.3 is 14.2 Å². The average Bonchev–Trinajstić information content (AvgIpc) is 2.63. The highest BCUT2D eigenvalue weighted by Gasteiger charge is 2.53. The molecule has 0 N–H and O–H groups in total. The van der Waals surface area contributed by atoms with Gasteiger partial charge in [-0.25, -0.2) is 0 Å². The molecule has 0 fully saturated rings. The van der Waals surface area contributed by atoms with E-state index in [-0.39, 0.29) is 5.78 Å². The van der Waals surface area contributed by atoms with Crippen molar-refractivity contribution in [2.45, 2.75) is 18.8 Å². The Morgan fingerprint density at radius 2 is 2.06 bits per heavy atom. The molecular formula is C12H14O4. The highest BCUT2D eigenvalue weighted by molar-refractivity contribution is 5.86. The molecule has 0 amide bonds. The fraction of sp³-hybridized carbons (Fsp3) is 0.417. The van der Waals surface area contributed by atoms with Gasteiger partial charge in [-0.3, -0.25) is 4.79 Å². The first-order valence-electron chi connectivity index (χ1n) is 5.02. The van der Waals surface area contributed by atoms with Crippen LogP contribution in [0.25, 0.3) is 0 Å². The molecule has 1 aliphatic heterocycles. The summed E-state index contributed by atoms with van der Waals surface area (Å²) in [5, 5.41) is 0. The summed E-state index contributed by atoms with van der Waals surface area (Å²) in [6.07, 6.45) is -0.522. The predicted octanol–water partition coefficient (Wildman–Crippen LogP) is 1.70. The van der Waals surface area contributed by atoms with Gasteiger partial charge in [0.25, 0.3) is 0 Å². The maximum atomic E-state index is 11.7. The minimum absolute atomic E-state index is 0.210. The molecule has 4 heteroatoms. The van der Waals surface area contributed by atoms with Gasteiger partial charge in [-0.15, -0.1) is 0 Å². The molecular weight excluding hydrogens is 208 g/mol.